The second kappa shape index (κ2) is 8.41. The van der Waals surface area contributed by atoms with Gasteiger partial charge in [-0.15, -0.1) is 4.40 Å². The Labute approximate surface area is 168 Å². The fraction of sp³-hybridized carbons (Fsp3) is 0.211. The van der Waals surface area contributed by atoms with Crippen molar-refractivity contribution in [2.75, 3.05) is 20.3 Å². The first kappa shape index (κ1) is 20.5. The van der Waals surface area contributed by atoms with Crippen molar-refractivity contribution >= 4 is 28.0 Å². The number of hydrazone groups is 1. The quantitative estimate of drug-likeness (QED) is 0.327. The summed E-state index contributed by atoms with van der Waals surface area (Å²) >= 11 is 0. The monoisotopic (exact) mass is 417 g/mol. The molecule has 2 aromatic rings. The Bertz CT molecular complexity index is 1090. The van der Waals surface area contributed by atoms with E-state index in [9.17, 15) is 18.3 Å². The molecule has 1 aliphatic rings. The highest BCUT2D eigenvalue weighted by molar-refractivity contribution is 7.90. The maximum absolute atomic E-state index is 12.3. The van der Waals surface area contributed by atoms with Crippen LogP contribution in [0.15, 0.2) is 56.9 Å². The fourth-order valence-corrected chi connectivity index (χ4v) is 3.94. The molecule has 1 heterocycles. The van der Waals surface area contributed by atoms with Crippen molar-refractivity contribution in [3.8, 4) is 11.5 Å². The van der Waals surface area contributed by atoms with Gasteiger partial charge in [-0.1, -0.05) is 12.1 Å². The lowest BCUT2D eigenvalue weighted by molar-refractivity contribution is -0.132. The molecule has 2 aromatic carbocycles. The third-order valence-electron chi connectivity index (χ3n) is 3.96. The van der Waals surface area contributed by atoms with Crippen LogP contribution in [0.3, 0.4) is 0 Å². The lowest BCUT2D eigenvalue weighted by atomic mass is 10.2. The molecule has 0 spiro atoms. The number of carbonyl (C=O) groups is 1. The van der Waals surface area contributed by atoms with E-state index >= 15 is 0 Å². The van der Waals surface area contributed by atoms with Gasteiger partial charge < -0.3 is 14.6 Å². The van der Waals surface area contributed by atoms with Gasteiger partial charge in [-0.3, -0.25) is 4.79 Å². The second-order valence-electron chi connectivity index (χ2n) is 5.98. The van der Waals surface area contributed by atoms with Crippen molar-refractivity contribution in [2.24, 2.45) is 9.50 Å². The van der Waals surface area contributed by atoms with Crippen LogP contribution >= 0.6 is 0 Å². The number of benzene rings is 2. The number of nitrogens with zero attached hydrogens (tertiary/aromatic N) is 3. The summed E-state index contributed by atoms with van der Waals surface area (Å²) < 4.78 is 38.6. The van der Waals surface area contributed by atoms with E-state index in [0.29, 0.717) is 16.9 Å². The van der Waals surface area contributed by atoms with Crippen molar-refractivity contribution in [2.45, 2.75) is 11.8 Å². The number of aliphatic hydroxyl groups excluding tert-OH is 1. The van der Waals surface area contributed by atoms with Crippen molar-refractivity contribution in [1.82, 2.24) is 5.01 Å². The molecule has 0 atom stereocenters. The summed E-state index contributed by atoms with van der Waals surface area (Å²) in [5.41, 5.74) is 0.980. The summed E-state index contributed by atoms with van der Waals surface area (Å²) in [6.45, 7) is 1.05. The van der Waals surface area contributed by atoms with Crippen LogP contribution in [0, 0.1) is 0 Å². The van der Waals surface area contributed by atoms with Crippen molar-refractivity contribution in [3.05, 3.63) is 53.6 Å². The highest BCUT2D eigenvalue weighted by Crippen LogP contribution is 2.29. The molecule has 0 aliphatic carbocycles. The molecule has 10 heteroatoms. The molecule has 0 saturated carbocycles. The van der Waals surface area contributed by atoms with Gasteiger partial charge in [0.25, 0.3) is 10.0 Å². The summed E-state index contributed by atoms with van der Waals surface area (Å²) in [4.78, 5) is 11.4. The Morgan fingerprint density at radius 1 is 1.24 bits per heavy atom. The van der Waals surface area contributed by atoms with Gasteiger partial charge in [-0.2, -0.15) is 13.5 Å². The van der Waals surface area contributed by atoms with Gasteiger partial charge in [0.2, 0.25) is 0 Å². The third-order valence-corrected chi connectivity index (χ3v) is 5.28. The van der Waals surface area contributed by atoms with Gasteiger partial charge in [0, 0.05) is 12.5 Å². The maximum Gasteiger partial charge on any atom is 0.308 e. The molecule has 1 N–H and O–H groups in total. The average molecular weight is 417 g/mol. The molecule has 0 unspecified atom stereocenters. The number of carbonyl (C=O) groups excluding carboxylic acids is 1. The molecule has 29 heavy (non-hydrogen) atoms. The number of rotatable bonds is 6. The van der Waals surface area contributed by atoms with Crippen LogP contribution in [-0.2, 0) is 14.8 Å². The Morgan fingerprint density at radius 3 is 2.69 bits per heavy atom. The highest BCUT2D eigenvalue weighted by Gasteiger charge is 2.31. The van der Waals surface area contributed by atoms with E-state index in [4.69, 9.17) is 9.47 Å². The van der Waals surface area contributed by atoms with Gasteiger partial charge in [0.05, 0.1) is 26.5 Å². The van der Waals surface area contributed by atoms with Crippen molar-refractivity contribution < 1.29 is 27.8 Å². The first-order valence-electron chi connectivity index (χ1n) is 8.59. The molecule has 0 aromatic heterocycles. The Kier molecular flexibility index (Phi) is 5.95. The largest absolute Gasteiger partial charge is 0.493 e. The molecular formula is C19H19N3O6S. The zero-order valence-corrected chi connectivity index (χ0v) is 16.6. The van der Waals surface area contributed by atoms with Crippen LogP contribution in [0.5, 0.6) is 11.5 Å². The first-order chi connectivity index (χ1) is 13.9. The summed E-state index contributed by atoms with van der Waals surface area (Å²) in [5.74, 6) is 0.231. The Morgan fingerprint density at radius 2 is 2.00 bits per heavy atom. The van der Waals surface area contributed by atoms with Gasteiger partial charge in [-0.05, 0) is 35.9 Å². The molecule has 0 saturated heterocycles. The summed E-state index contributed by atoms with van der Waals surface area (Å²) in [6, 6.07) is 11.3. The minimum atomic E-state index is -3.81. The molecule has 152 valence electrons. The summed E-state index contributed by atoms with van der Waals surface area (Å²) in [6.07, 6.45) is 1.44. The smallest absolute Gasteiger partial charge is 0.308 e. The SMILES string of the molecule is COc1ccc(/C=N\N(CCO)C2=NS(=O)(=O)c3ccccc32)cc1OC(C)=O. The first-order valence-corrected chi connectivity index (χ1v) is 10.0. The molecule has 0 amide bonds. The van der Waals surface area contributed by atoms with Crippen molar-refractivity contribution in [1.29, 1.82) is 0 Å². The number of hydrogen-bond acceptors (Lipinski definition) is 8. The Balaban J connectivity index is 1.94. The number of fused-ring (bicyclic) bond motifs is 1. The highest BCUT2D eigenvalue weighted by atomic mass is 32.2. The topological polar surface area (TPSA) is 118 Å². The summed E-state index contributed by atoms with van der Waals surface area (Å²) in [5, 5.41) is 15.0. The lowest BCUT2D eigenvalue weighted by Gasteiger charge is -2.17. The van der Waals surface area contributed by atoms with E-state index in [1.54, 1.807) is 36.4 Å². The van der Waals surface area contributed by atoms with E-state index in [1.807, 2.05) is 0 Å². The predicted octanol–water partition coefficient (Wildman–Crippen LogP) is 1.40. The normalized spacial score (nSPS) is 14.4. The van der Waals surface area contributed by atoms with E-state index in [0.717, 1.165) is 0 Å². The molecule has 3 rings (SSSR count). The number of hydrogen-bond donors (Lipinski definition) is 1. The molecule has 0 radical (unpaired) electrons. The van der Waals surface area contributed by atoms with E-state index < -0.39 is 16.0 Å². The zero-order chi connectivity index (χ0) is 21.0. The molecule has 0 fully saturated rings. The lowest BCUT2D eigenvalue weighted by Crippen LogP contribution is -2.28. The van der Waals surface area contributed by atoms with Crippen LogP contribution in [0.25, 0.3) is 0 Å². The van der Waals surface area contributed by atoms with Gasteiger partial charge in [0.15, 0.2) is 17.3 Å². The second-order valence-corrected chi connectivity index (χ2v) is 7.55. The van der Waals surface area contributed by atoms with E-state index in [1.165, 1.54) is 31.3 Å². The molecule has 0 bridgehead atoms. The summed E-state index contributed by atoms with van der Waals surface area (Å²) in [7, 11) is -2.36. The minimum absolute atomic E-state index is 0.0339. The zero-order valence-electron chi connectivity index (χ0n) is 15.8. The average Bonchev–Trinajstić information content (AvgIpc) is 2.96. The fourth-order valence-electron chi connectivity index (χ4n) is 2.73. The molecule has 9 nitrogen and oxygen atoms in total. The van der Waals surface area contributed by atoms with Crippen LogP contribution in [0.2, 0.25) is 0 Å². The van der Waals surface area contributed by atoms with Gasteiger partial charge in [-0.25, -0.2) is 5.01 Å². The minimum Gasteiger partial charge on any atom is -0.493 e. The predicted molar refractivity (Wildman–Crippen MR) is 106 cm³/mol. The van der Waals surface area contributed by atoms with Crippen LogP contribution in [0.1, 0.15) is 18.1 Å². The van der Waals surface area contributed by atoms with Gasteiger partial charge >= 0.3 is 5.97 Å². The van der Waals surface area contributed by atoms with E-state index in [2.05, 4.69) is 9.50 Å². The third kappa shape index (κ3) is 4.44. The van der Waals surface area contributed by atoms with Crippen LogP contribution < -0.4 is 9.47 Å². The number of esters is 1. The Hall–Kier alpha value is -3.24. The number of amidine groups is 1. The maximum atomic E-state index is 12.3. The van der Waals surface area contributed by atoms with Crippen molar-refractivity contribution in [3.63, 3.8) is 0 Å². The van der Waals surface area contributed by atoms with Crippen LogP contribution in [-0.4, -0.2) is 56.8 Å². The number of methoxy groups -OCH3 is 1. The van der Waals surface area contributed by atoms with Crippen LogP contribution in [0.4, 0.5) is 0 Å². The molecule has 1 aliphatic heterocycles. The number of ether oxygens (including phenoxy) is 2. The standard InChI is InChI=1S/C19H19N3O6S/c1-13(24)28-17-11-14(7-8-16(17)27-2)12-20-22(9-10-23)19-15-5-3-4-6-18(15)29(25,26)21-19/h3-8,11-12,23H,9-10H2,1-2H3/b20-12-. The number of aliphatic hydroxyl groups is 1. The molecular weight excluding hydrogens is 398 g/mol. The van der Waals surface area contributed by atoms with Gasteiger partial charge in [0.1, 0.15) is 4.90 Å². The van der Waals surface area contributed by atoms with E-state index in [-0.39, 0.29) is 29.6 Å². The number of sulfonamides is 1.